The van der Waals surface area contributed by atoms with Crippen LogP contribution in [0.3, 0.4) is 0 Å². The van der Waals surface area contributed by atoms with Crippen LogP contribution in [-0.4, -0.2) is 27.0 Å². The summed E-state index contributed by atoms with van der Waals surface area (Å²) >= 11 is 0. The summed E-state index contributed by atoms with van der Waals surface area (Å²) in [5, 5.41) is 0. The number of nitrogens with zero attached hydrogens (tertiary/aromatic N) is 3. The maximum atomic E-state index is 12.8. The number of anilines is 2. The molecule has 0 aliphatic heterocycles. The molecule has 0 unspecified atom stereocenters. The second kappa shape index (κ2) is 7.69. The van der Waals surface area contributed by atoms with Gasteiger partial charge >= 0.3 is 5.69 Å². The summed E-state index contributed by atoms with van der Waals surface area (Å²) in [4.78, 5) is 45.0. The molecule has 0 saturated carbocycles. The molecule has 3 rings (SSSR count). The molecule has 0 saturated heterocycles. The van der Waals surface area contributed by atoms with Crippen LogP contribution in [0.4, 0.5) is 11.5 Å². The summed E-state index contributed by atoms with van der Waals surface area (Å²) in [6.07, 6.45) is 1.49. The second-order valence-corrected chi connectivity index (χ2v) is 5.83. The number of pyridine rings is 1. The Labute approximate surface area is 154 Å². The van der Waals surface area contributed by atoms with Crippen molar-refractivity contribution in [2.24, 2.45) is 0 Å². The van der Waals surface area contributed by atoms with Crippen LogP contribution in [0.2, 0.25) is 0 Å². The zero-order valence-corrected chi connectivity index (χ0v) is 14.8. The van der Waals surface area contributed by atoms with E-state index in [0.29, 0.717) is 0 Å². The van der Waals surface area contributed by atoms with Gasteiger partial charge in [-0.3, -0.25) is 29.0 Å². The van der Waals surface area contributed by atoms with Gasteiger partial charge in [-0.25, -0.2) is 4.79 Å². The number of hydrogen-bond donors (Lipinski definition) is 2. The molecule has 27 heavy (non-hydrogen) atoms. The molecule has 0 spiro atoms. The molecular formula is C19H19N5O3. The Morgan fingerprint density at radius 2 is 1.85 bits per heavy atom. The first-order valence-corrected chi connectivity index (χ1v) is 8.42. The van der Waals surface area contributed by atoms with E-state index in [-0.39, 0.29) is 30.3 Å². The summed E-state index contributed by atoms with van der Waals surface area (Å²) in [7, 11) is 0. The highest BCUT2D eigenvalue weighted by molar-refractivity contribution is 6.05. The first-order valence-electron chi connectivity index (χ1n) is 8.42. The van der Waals surface area contributed by atoms with Crippen molar-refractivity contribution in [2.75, 3.05) is 17.2 Å². The normalized spacial score (nSPS) is 10.6. The van der Waals surface area contributed by atoms with Crippen LogP contribution in [0.1, 0.15) is 23.0 Å². The fraction of sp³-hybridized carbons (Fsp3) is 0.158. The third-order valence-corrected chi connectivity index (χ3v) is 4.11. The number of benzene rings is 1. The van der Waals surface area contributed by atoms with Crippen molar-refractivity contribution in [3.8, 4) is 0 Å². The number of carbonyl (C=O) groups excluding carboxylic acids is 1. The van der Waals surface area contributed by atoms with Crippen LogP contribution >= 0.6 is 0 Å². The number of hydrogen-bond acceptors (Lipinski definition) is 5. The number of nitrogens with one attached hydrogen (secondary N) is 1. The van der Waals surface area contributed by atoms with E-state index in [4.69, 9.17) is 5.73 Å². The molecule has 8 heteroatoms. The average molecular weight is 365 g/mol. The molecule has 0 fully saturated rings. The lowest BCUT2D eigenvalue weighted by Crippen LogP contribution is -2.41. The maximum Gasteiger partial charge on any atom is 0.330 e. The Hall–Kier alpha value is -3.68. The molecule has 0 atom stereocenters. The lowest BCUT2D eigenvalue weighted by Gasteiger charge is -2.22. The van der Waals surface area contributed by atoms with Crippen LogP contribution in [0.15, 0.2) is 64.3 Å². The van der Waals surface area contributed by atoms with Gasteiger partial charge in [0.15, 0.2) is 5.69 Å². The van der Waals surface area contributed by atoms with E-state index >= 15 is 0 Å². The number of nitrogens with two attached hydrogens (primary N) is 1. The van der Waals surface area contributed by atoms with E-state index in [0.717, 1.165) is 5.56 Å². The third kappa shape index (κ3) is 3.64. The Morgan fingerprint density at radius 1 is 1.15 bits per heavy atom. The number of rotatable bonds is 5. The minimum absolute atomic E-state index is 0.0660. The summed E-state index contributed by atoms with van der Waals surface area (Å²) in [6.45, 7) is 2.07. The molecule has 3 aromatic rings. The summed E-state index contributed by atoms with van der Waals surface area (Å²) in [5.74, 6) is -0.543. The summed E-state index contributed by atoms with van der Waals surface area (Å²) < 4.78 is 1.24. The minimum atomic E-state index is -0.715. The molecule has 0 bridgehead atoms. The Kier molecular flexibility index (Phi) is 5.16. The Bertz CT molecular complexity index is 1060. The van der Waals surface area contributed by atoms with E-state index < -0.39 is 17.2 Å². The van der Waals surface area contributed by atoms with Crippen molar-refractivity contribution in [3.63, 3.8) is 0 Å². The zero-order valence-electron chi connectivity index (χ0n) is 14.8. The van der Waals surface area contributed by atoms with E-state index in [1.54, 1.807) is 25.1 Å². The molecule has 0 aliphatic rings. The fourth-order valence-corrected chi connectivity index (χ4v) is 2.79. The SMILES string of the molecule is CCN(C(=O)c1ccccn1)c1c(N)n(Cc2ccccc2)c(=O)[nH]c1=O. The molecule has 1 aromatic carbocycles. The van der Waals surface area contributed by atoms with E-state index in [2.05, 4.69) is 9.97 Å². The number of aromatic amines is 1. The molecule has 1 amide bonds. The maximum absolute atomic E-state index is 12.8. The fourth-order valence-electron chi connectivity index (χ4n) is 2.79. The van der Waals surface area contributed by atoms with Crippen molar-refractivity contribution >= 4 is 17.4 Å². The molecule has 0 aliphatic carbocycles. The molecule has 0 radical (unpaired) electrons. The molecule has 2 heterocycles. The van der Waals surface area contributed by atoms with Gasteiger partial charge in [0.25, 0.3) is 11.5 Å². The number of carbonyl (C=O) groups is 1. The zero-order chi connectivity index (χ0) is 19.4. The van der Waals surface area contributed by atoms with Gasteiger partial charge in [0.05, 0.1) is 6.54 Å². The van der Waals surface area contributed by atoms with Crippen LogP contribution in [0.5, 0.6) is 0 Å². The lowest BCUT2D eigenvalue weighted by atomic mass is 10.2. The number of aromatic nitrogens is 3. The molecule has 8 nitrogen and oxygen atoms in total. The summed E-state index contributed by atoms with van der Waals surface area (Å²) in [6, 6.07) is 14.1. The van der Waals surface area contributed by atoms with Crippen molar-refractivity contribution in [2.45, 2.75) is 13.5 Å². The van der Waals surface area contributed by atoms with Gasteiger partial charge in [-0.2, -0.15) is 0 Å². The largest absolute Gasteiger partial charge is 0.383 e. The molecular weight excluding hydrogens is 346 g/mol. The van der Waals surface area contributed by atoms with Crippen LogP contribution in [-0.2, 0) is 6.54 Å². The van der Waals surface area contributed by atoms with Crippen LogP contribution in [0, 0.1) is 0 Å². The van der Waals surface area contributed by atoms with E-state index in [1.807, 2.05) is 30.3 Å². The second-order valence-electron chi connectivity index (χ2n) is 5.83. The lowest BCUT2D eigenvalue weighted by molar-refractivity contribution is 0.0983. The van der Waals surface area contributed by atoms with Gasteiger partial charge < -0.3 is 5.73 Å². The molecule has 2 aromatic heterocycles. The summed E-state index contributed by atoms with van der Waals surface area (Å²) in [5.41, 5.74) is 5.76. The highest BCUT2D eigenvalue weighted by Crippen LogP contribution is 2.19. The van der Waals surface area contributed by atoms with Gasteiger partial charge in [0, 0.05) is 12.7 Å². The predicted molar refractivity (Wildman–Crippen MR) is 103 cm³/mol. The van der Waals surface area contributed by atoms with Crippen molar-refractivity contribution in [1.82, 2.24) is 14.5 Å². The van der Waals surface area contributed by atoms with Crippen molar-refractivity contribution in [1.29, 1.82) is 0 Å². The highest BCUT2D eigenvalue weighted by Gasteiger charge is 2.24. The molecule has 138 valence electrons. The number of nitrogen functional groups attached to an aromatic ring is 1. The topological polar surface area (TPSA) is 114 Å². The minimum Gasteiger partial charge on any atom is -0.383 e. The van der Waals surface area contributed by atoms with Gasteiger partial charge in [-0.05, 0) is 24.6 Å². The predicted octanol–water partition coefficient (Wildman–Crippen LogP) is 1.23. The van der Waals surface area contributed by atoms with Gasteiger partial charge in [0.2, 0.25) is 0 Å². The third-order valence-electron chi connectivity index (χ3n) is 4.11. The quantitative estimate of drug-likeness (QED) is 0.706. The smallest absolute Gasteiger partial charge is 0.330 e. The van der Waals surface area contributed by atoms with Gasteiger partial charge in [-0.1, -0.05) is 36.4 Å². The molecule has 3 N–H and O–H groups in total. The van der Waals surface area contributed by atoms with Crippen LogP contribution in [0.25, 0.3) is 0 Å². The Morgan fingerprint density at radius 3 is 2.48 bits per heavy atom. The standard InChI is InChI=1S/C19H19N5O3/c1-2-23(18(26)14-10-6-7-11-21-14)15-16(20)24(19(27)22-17(15)25)12-13-8-4-3-5-9-13/h3-11H,2,12,20H2,1H3,(H,22,25,27). The monoisotopic (exact) mass is 365 g/mol. The average Bonchev–Trinajstić information content (AvgIpc) is 2.69. The van der Waals surface area contributed by atoms with Gasteiger partial charge in [-0.15, -0.1) is 0 Å². The van der Waals surface area contributed by atoms with E-state index in [9.17, 15) is 14.4 Å². The Balaban J connectivity index is 2.09. The van der Waals surface area contributed by atoms with E-state index in [1.165, 1.54) is 15.7 Å². The first kappa shape index (κ1) is 18.1. The van der Waals surface area contributed by atoms with Crippen molar-refractivity contribution < 1.29 is 4.79 Å². The van der Waals surface area contributed by atoms with Crippen molar-refractivity contribution in [3.05, 3.63) is 86.8 Å². The van der Waals surface area contributed by atoms with Gasteiger partial charge in [0.1, 0.15) is 11.5 Å². The first-order chi connectivity index (χ1) is 13.0. The number of amides is 1. The number of H-pyrrole nitrogens is 1. The highest BCUT2D eigenvalue weighted by atomic mass is 16.2. The van der Waals surface area contributed by atoms with Crippen LogP contribution < -0.4 is 21.9 Å².